The number of piperidine rings is 1. The van der Waals surface area contributed by atoms with Crippen molar-refractivity contribution in [3.8, 4) is 6.07 Å². The Morgan fingerprint density at radius 3 is 2.82 bits per heavy atom. The first-order valence-electron chi connectivity index (χ1n) is 6.21. The molecule has 6 heteroatoms. The normalized spacial score (nSPS) is 31.2. The zero-order valence-corrected chi connectivity index (χ0v) is 10.7. The highest BCUT2D eigenvalue weighted by molar-refractivity contribution is 7.89. The predicted octanol–water partition coefficient (Wildman–Crippen LogP) is 0.304. The summed E-state index contributed by atoms with van der Waals surface area (Å²) in [5.74, 6) is 0.0253. The molecule has 2 aliphatic rings. The largest absolute Gasteiger partial charge is 0.314 e. The molecule has 2 heterocycles. The van der Waals surface area contributed by atoms with Gasteiger partial charge in [0.1, 0.15) is 0 Å². The number of hydrogen-bond donors (Lipinski definition) is 1. The lowest BCUT2D eigenvalue weighted by Gasteiger charge is -2.34. The summed E-state index contributed by atoms with van der Waals surface area (Å²) in [5, 5.41) is 12.0. The maximum absolute atomic E-state index is 11.8. The van der Waals surface area contributed by atoms with Crippen molar-refractivity contribution in [3.63, 3.8) is 0 Å². The van der Waals surface area contributed by atoms with Crippen molar-refractivity contribution in [2.24, 2.45) is 5.92 Å². The third-order valence-electron chi connectivity index (χ3n) is 3.73. The van der Waals surface area contributed by atoms with Crippen LogP contribution in [0.4, 0.5) is 0 Å². The third-order valence-corrected chi connectivity index (χ3v) is 5.34. The van der Waals surface area contributed by atoms with Crippen LogP contribution in [-0.4, -0.2) is 44.2 Å². The molecule has 5 nitrogen and oxygen atoms in total. The fourth-order valence-electron chi connectivity index (χ4n) is 2.84. The predicted molar refractivity (Wildman–Crippen MR) is 64.7 cm³/mol. The fraction of sp³-hybridized carbons (Fsp3) is 0.909. The van der Waals surface area contributed by atoms with Gasteiger partial charge in [-0.25, -0.2) is 12.7 Å². The van der Waals surface area contributed by atoms with Crippen molar-refractivity contribution in [2.45, 2.75) is 31.7 Å². The molecule has 0 bridgehead atoms. The van der Waals surface area contributed by atoms with E-state index in [-0.39, 0.29) is 0 Å². The summed E-state index contributed by atoms with van der Waals surface area (Å²) in [4.78, 5) is 0. The maximum Gasteiger partial charge on any atom is 0.227 e. The van der Waals surface area contributed by atoms with E-state index in [9.17, 15) is 8.42 Å². The Morgan fingerprint density at radius 2 is 2.18 bits per heavy atom. The molecule has 0 saturated carbocycles. The average Bonchev–Trinajstić information content (AvgIpc) is 2.82. The molecule has 17 heavy (non-hydrogen) atoms. The molecule has 2 aliphatic heterocycles. The van der Waals surface area contributed by atoms with Crippen LogP contribution in [-0.2, 0) is 10.0 Å². The molecule has 2 rings (SSSR count). The van der Waals surface area contributed by atoms with Crippen LogP contribution in [0.2, 0.25) is 0 Å². The average molecular weight is 257 g/mol. The molecule has 0 aromatic carbocycles. The summed E-state index contributed by atoms with van der Waals surface area (Å²) in [5.41, 5.74) is 0. The molecule has 0 aliphatic carbocycles. The molecule has 96 valence electrons. The van der Waals surface area contributed by atoms with Crippen LogP contribution in [0.15, 0.2) is 0 Å². The number of nitriles is 1. The van der Waals surface area contributed by atoms with Gasteiger partial charge in [-0.05, 0) is 38.1 Å². The van der Waals surface area contributed by atoms with E-state index in [4.69, 9.17) is 5.26 Å². The van der Waals surface area contributed by atoms with E-state index in [0.717, 1.165) is 25.8 Å². The monoisotopic (exact) mass is 257 g/mol. The lowest BCUT2D eigenvalue weighted by atomic mass is 9.91. The SMILES string of the molecule is N#CCS(=O)(=O)N1CCCC(C2CCCN2)C1. The van der Waals surface area contributed by atoms with Gasteiger partial charge in [-0.2, -0.15) is 5.26 Å². The van der Waals surface area contributed by atoms with Gasteiger partial charge in [-0.1, -0.05) is 0 Å². The lowest BCUT2D eigenvalue weighted by molar-refractivity contribution is 0.227. The second-order valence-electron chi connectivity index (χ2n) is 4.88. The van der Waals surface area contributed by atoms with Crippen molar-refractivity contribution in [2.75, 3.05) is 25.4 Å². The van der Waals surface area contributed by atoms with E-state index in [0.29, 0.717) is 25.0 Å². The van der Waals surface area contributed by atoms with E-state index in [1.807, 2.05) is 0 Å². The highest BCUT2D eigenvalue weighted by atomic mass is 32.2. The van der Waals surface area contributed by atoms with E-state index in [1.165, 1.54) is 10.7 Å². The van der Waals surface area contributed by atoms with Crippen molar-refractivity contribution in [1.82, 2.24) is 9.62 Å². The van der Waals surface area contributed by atoms with Crippen LogP contribution in [0.1, 0.15) is 25.7 Å². The Kier molecular flexibility index (Phi) is 4.02. The maximum atomic E-state index is 11.8. The molecule has 0 radical (unpaired) electrons. The Morgan fingerprint density at radius 1 is 1.35 bits per heavy atom. The zero-order valence-electron chi connectivity index (χ0n) is 9.93. The molecular formula is C11H19N3O2S. The second-order valence-corrected chi connectivity index (χ2v) is 6.85. The summed E-state index contributed by atoms with van der Waals surface area (Å²) in [6.45, 7) is 2.21. The summed E-state index contributed by atoms with van der Waals surface area (Å²) in [6, 6.07) is 2.21. The molecule has 2 unspecified atom stereocenters. The molecule has 1 N–H and O–H groups in total. The van der Waals surface area contributed by atoms with Crippen molar-refractivity contribution in [3.05, 3.63) is 0 Å². The van der Waals surface area contributed by atoms with Crippen LogP contribution in [0.25, 0.3) is 0 Å². The molecule has 2 atom stereocenters. The van der Waals surface area contributed by atoms with Crippen LogP contribution in [0.3, 0.4) is 0 Å². The van der Waals surface area contributed by atoms with Crippen molar-refractivity contribution < 1.29 is 8.42 Å². The summed E-state index contributed by atoms with van der Waals surface area (Å²) < 4.78 is 25.2. The Balaban J connectivity index is 1.99. The fourth-order valence-corrected chi connectivity index (χ4v) is 4.01. The van der Waals surface area contributed by atoms with Crippen LogP contribution in [0, 0.1) is 17.2 Å². The van der Waals surface area contributed by atoms with E-state index in [2.05, 4.69) is 5.32 Å². The van der Waals surface area contributed by atoms with E-state index >= 15 is 0 Å². The molecule has 0 spiro atoms. The summed E-state index contributed by atoms with van der Waals surface area (Å²) >= 11 is 0. The van der Waals surface area contributed by atoms with Gasteiger partial charge in [0.15, 0.2) is 5.75 Å². The molecule has 2 fully saturated rings. The second kappa shape index (κ2) is 5.34. The minimum absolute atomic E-state index is 0.391. The van der Waals surface area contributed by atoms with E-state index in [1.54, 1.807) is 6.07 Å². The smallest absolute Gasteiger partial charge is 0.227 e. The zero-order chi connectivity index (χ0) is 12.3. The summed E-state index contributed by atoms with van der Waals surface area (Å²) in [6.07, 6.45) is 4.34. The van der Waals surface area contributed by atoms with Gasteiger partial charge in [-0.15, -0.1) is 0 Å². The highest BCUT2D eigenvalue weighted by Crippen LogP contribution is 2.26. The van der Waals surface area contributed by atoms with Crippen LogP contribution < -0.4 is 5.32 Å². The minimum atomic E-state index is -3.35. The van der Waals surface area contributed by atoms with Gasteiger partial charge in [-0.3, -0.25) is 0 Å². The Hall–Kier alpha value is -0.640. The summed E-state index contributed by atoms with van der Waals surface area (Å²) in [7, 11) is -3.35. The quantitative estimate of drug-likeness (QED) is 0.789. The topological polar surface area (TPSA) is 73.2 Å². The van der Waals surface area contributed by atoms with Gasteiger partial charge in [0, 0.05) is 19.1 Å². The van der Waals surface area contributed by atoms with Gasteiger partial charge in [0.25, 0.3) is 0 Å². The minimum Gasteiger partial charge on any atom is -0.314 e. The molecule has 0 aromatic heterocycles. The lowest BCUT2D eigenvalue weighted by Crippen LogP contribution is -2.46. The number of nitrogens with one attached hydrogen (secondary N) is 1. The van der Waals surface area contributed by atoms with Gasteiger partial charge < -0.3 is 5.32 Å². The van der Waals surface area contributed by atoms with Crippen LogP contribution in [0.5, 0.6) is 0 Å². The molecule has 2 saturated heterocycles. The van der Waals surface area contributed by atoms with Gasteiger partial charge in [0.05, 0.1) is 6.07 Å². The number of sulfonamides is 1. The molecule has 0 aromatic rings. The Labute approximate surface area is 103 Å². The Bertz CT molecular complexity index is 395. The van der Waals surface area contributed by atoms with Crippen molar-refractivity contribution in [1.29, 1.82) is 5.26 Å². The molecular weight excluding hydrogens is 238 g/mol. The van der Waals surface area contributed by atoms with Crippen LogP contribution >= 0.6 is 0 Å². The number of nitrogens with zero attached hydrogens (tertiary/aromatic N) is 2. The first-order valence-corrected chi connectivity index (χ1v) is 7.82. The standard InChI is InChI=1S/C11H19N3O2S/c12-5-8-17(15,16)14-7-2-3-10(9-14)11-4-1-6-13-11/h10-11,13H,1-4,6-9H2. The van der Waals surface area contributed by atoms with Crippen molar-refractivity contribution >= 4 is 10.0 Å². The first-order chi connectivity index (χ1) is 8.13. The van der Waals surface area contributed by atoms with Gasteiger partial charge >= 0.3 is 0 Å². The van der Waals surface area contributed by atoms with E-state index < -0.39 is 15.8 Å². The third kappa shape index (κ3) is 2.97. The molecule has 0 amide bonds. The highest BCUT2D eigenvalue weighted by Gasteiger charge is 2.33. The first kappa shape index (κ1) is 12.8. The number of hydrogen-bond acceptors (Lipinski definition) is 4. The number of rotatable bonds is 3. The van der Waals surface area contributed by atoms with Gasteiger partial charge in [0.2, 0.25) is 10.0 Å².